The fraction of sp³-hybridized carbons (Fsp3) is 0.857. The van der Waals surface area contributed by atoms with Crippen LogP contribution in [0.1, 0.15) is 46.0 Å². The summed E-state index contributed by atoms with van der Waals surface area (Å²) in [4.78, 5) is 22.4. The lowest BCUT2D eigenvalue weighted by atomic mass is 9.71. The monoisotopic (exact) mass is 269 g/mol. The second kappa shape index (κ2) is 4.78. The number of amides is 1. The molecule has 5 heteroatoms. The second-order valence-corrected chi connectivity index (χ2v) is 6.89. The van der Waals surface area contributed by atoms with Gasteiger partial charge in [-0.25, -0.2) is 0 Å². The highest BCUT2D eigenvalue weighted by atomic mass is 16.4. The van der Waals surface area contributed by atoms with Gasteiger partial charge in [0.25, 0.3) is 0 Å². The maximum absolute atomic E-state index is 11.7. The van der Waals surface area contributed by atoms with Crippen molar-refractivity contribution in [1.82, 2.24) is 5.32 Å². The summed E-state index contributed by atoms with van der Waals surface area (Å²) >= 11 is 0. The number of hydrogen-bond donors (Lipinski definition) is 3. The molecule has 0 heterocycles. The lowest BCUT2D eigenvalue weighted by molar-refractivity contribution is -0.140. The molecule has 0 aromatic carbocycles. The molecular formula is C14H23NO4. The maximum atomic E-state index is 11.7. The second-order valence-electron chi connectivity index (χ2n) is 6.89. The van der Waals surface area contributed by atoms with Crippen LogP contribution < -0.4 is 5.32 Å². The van der Waals surface area contributed by atoms with Crippen molar-refractivity contribution < 1.29 is 19.8 Å². The molecule has 1 amide bonds. The van der Waals surface area contributed by atoms with E-state index in [4.69, 9.17) is 5.11 Å². The quantitative estimate of drug-likeness (QED) is 0.714. The molecule has 0 aromatic rings. The number of nitrogens with one attached hydrogen (secondary N) is 1. The SMILES string of the molecule is CC1(C)CCC(O)(CNC(=O)C2CC2C(=O)O)CC1. The molecule has 2 aliphatic carbocycles. The molecule has 3 N–H and O–H groups in total. The molecule has 2 atom stereocenters. The Balaban J connectivity index is 1.77. The van der Waals surface area contributed by atoms with Gasteiger partial charge in [0.05, 0.1) is 17.4 Å². The highest BCUT2D eigenvalue weighted by molar-refractivity contribution is 5.89. The predicted molar refractivity (Wildman–Crippen MR) is 69.4 cm³/mol. The molecule has 0 saturated heterocycles. The van der Waals surface area contributed by atoms with Crippen LogP contribution in [0.5, 0.6) is 0 Å². The average Bonchev–Trinajstić information content (AvgIpc) is 3.11. The van der Waals surface area contributed by atoms with Crippen LogP contribution in [0.25, 0.3) is 0 Å². The fourth-order valence-electron chi connectivity index (χ4n) is 2.71. The first kappa shape index (κ1) is 14.3. The predicted octanol–water partition coefficient (Wildman–Crippen LogP) is 1.15. The third-order valence-corrected chi connectivity index (χ3v) is 4.57. The van der Waals surface area contributed by atoms with Gasteiger partial charge >= 0.3 is 5.97 Å². The Bertz CT molecular complexity index is 381. The van der Waals surface area contributed by atoms with Gasteiger partial charge in [-0.15, -0.1) is 0 Å². The van der Waals surface area contributed by atoms with Crippen LogP contribution >= 0.6 is 0 Å². The van der Waals surface area contributed by atoms with E-state index in [0.29, 0.717) is 19.3 Å². The fourth-order valence-corrected chi connectivity index (χ4v) is 2.71. The van der Waals surface area contributed by atoms with Gasteiger partial charge in [0.2, 0.25) is 5.91 Å². The van der Waals surface area contributed by atoms with Gasteiger partial charge < -0.3 is 15.5 Å². The highest BCUT2D eigenvalue weighted by Gasteiger charge is 2.48. The van der Waals surface area contributed by atoms with Crippen LogP contribution in [-0.2, 0) is 9.59 Å². The molecule has 2 rings (SSSR count). The van der Waals surface area contributed by atoms with E-state index in [1.807, 2.05) is 0 Å². The zero-order valence-electron chi connectivity index (χ0n) is 11.6. The standard InChI is InChI=1S/C14H23NO4/c1-13(2)3-5-14(19,6-4-13)8-15-11(16)9-7-10(9)12(17)18/h9-10,19H,3-8H2,1-2H3,(H,15,16)(H,17,18). The number of carboxylic acid groups (broad SMARTS) is 1. The van der Waals surface area contributed by atoms with Crippen LogP contribution in [0.4, 0.5) is 0 Å². The third-order valence-electron chi connectivity index (χ3n) is 4.57. The Kier molecular flexibility index (Phi) is 3.60. The summed E-state index contributed by atoms with van der Waals surface area (Å²) in [6.07, 6.45) is 3.69. The van der Waals surface area contributed by atoms with E-state index in [1.165, 1.54) is 0 Å². The van der Waals surface area contributed by atoms with Crippen molar-refractivity contribution in [2.24, 2.45) is 17.3 Å². The summed E-state index contributed by atoms with van der Waals surface area (Å²) in [6.45, 7) is 4.62. The minimum Gasteiger partial charge on any atom is -0.481 e. The molecule has 0 aromatic heterocycles. The molecule has 108 valence electrons. The molecular weight excluding hydrogens is 246 g/mol. The van der Waals surface area contributed by atoms with E-state index in [0.717, 1.165) is 12.8 Å². The Morgan fingerprint density at radius 1 is 1.16 bits per heavy atom. The summed E-state index contributed by atoms with van der Waals surface area (Å²) < 4.78 is 0. The summed E-state index contributed by atoms with van der Waals surface area (Å²) in [6, 6.07) is 0. The van der Waals surface area contributed by atoms with Crippen molar-refractivity contribution >= 4 is 11.9 Å². The molecule has 0 aliphatic heterocycles. The third kappa shape index (κ3) is 3.47. The van der Waals surface area contributed by atoms with Crippen molar-refractivity contribution in [2.45, 2.75) is 51.6 Å². The van der Waals surface area contributed by atoms with E-state index in [2.05, 4.69) is 19.2 Å². The number of rotatable bonds is 4. The summed E-state index contributed by atoms with van der Waals surface area (Å²) in [5.74, 6) is -2.06. The van der Waals surface area contributed by atoms with E-state index < -0.39 is 23.4 Å². The Morgan fingerprint density at radius 3 is 2.21 bits per heavy atom. The number of carbonyl (C=O) groups is 2. The van der Waals surface area contributed by atoms with E-state index in [-0.39, 0.29) is 17.9 Å². The van der Waals surface area contributed by atoms with Crippen molar-refractivity contribution in [1.29, 1.82) is 0 Å². The van der Waals surface area contributed by atoms with E-state index in [1.54, 1.807) is 0 Å². The van der Waals surface area contributed by atoms with Crippen LogP contribution in [0.15, 0.2) is 0 Å². The number of carboxylic acids is 1. The highest BCUT2D eigenvalue weighted by Crippen LogP contribution is 2.41. The summed E-state index contributed by atoms with van der Waals surface area (Å²) in [5, 5.41) is 21.9. The first-order valence-corrected chi connectivity index (χ1v) is 6.95. The minimum absolute atomic E-state index is 0.231. The van der Waals surface area contributed by atoms with E-state index >= 15 is 0 Å². The minimum atomic E-state index is -0.904. The molecule has 2 saturated carbocycles. The summed E-state index contributed by atoms with van der Waals surface area (Å²) in [5.41, 5.74) is -0.556. The zero-order chi connectivity index (χ0) is 14.3. The zero-order valence-corrected chi connectivity index (χ0v) is 11.6. The van der Waals surface area contributed by atoms with Gasteiger partial charge in [0, 0.05) is 6.54 Å². The van der Waals surface area contributed by atoms with Gasteiger partial charge in [-0.05, 0) is 37.5 Å². The van der Waals surface area contributed by atoms with Crippen LogP contribution in [0, 0.1) is 17.3 Å². The lowest BCUT2D eigenvalue weighted by Crippen LogP contribution is -2.47. The molecule has 2 aliphatic rings. The van der Waals surface area contributed by atoms with Crippen molar-refractivity contribution in [3.8, 4) is 0 Å². The van der Waals surface area contributed by atoms with Crippen LogP contribution in [0.2, 0.25) is 0 Å². The van der Waals surface area contributed by atoms with Gasteiger partial charge in [0.15, 0.2) is 0 Å². The van der Waals surface area contributed by atoms with Crippen molar-refractivity contribution in [3.05, 3.63) is 0 Å². The van der Waals surface area contributed by atoms with Gasteiger partial charge in [0.1, 0.15) is 0 Å². The van der Waals surface area contributed by atoms with Gasteiger partial charge in [-0.1, -0.05) is 13.8 Å². The normalized spacial score (nSPS) is 31.5. The number of hydrogen-bond acceptors (Lipinski definition) is 3. The molecule has 19 heavy (non-hydrogen) atoms. The van der Waals surface area contributed by atoms with Gasteiger partial charge in [-0.3, -0.25) is 9.59 Å². The number of carbonyl (C=O) groups excluding carboxylic acids is 1. The average molecular weight is 269 g/mol. The Morgan fingerprint density at radius 2 is 1.74 bits per heavy atom. The first-order chi connectivity index (χ1) is 8.72. The van der Waals surface area contributed by atoms with E-state index in [9.17, 15) is 14.7 Å². The smallest absolute Gasteiger partial charge is 0.307 e. The molecule has 0 bridgehead atoms. The molecule has 0 radical (unpaired) electrons. The Hall–Kier alpha value is -1.10. The number of aliphatic carboxylic acids is 1. The summed E-state index contributed by atoms with van der Waals surface area (Å²) in [7, 11) is 0. The van der Waals surface area contributed by atoms with Crippen LogP contribution in [-0.4, -0.2) is 34.2 Å². The van der Waals surface area contributed by atoms with Gasteiger partial charge in [-0.2, -0.15) is 0 Å². The molecule has 2 unspecified atom stereocenters. The first-order valence-electron chi connectivity index (χ1n) is 6.95. The molecule has 2 fully saturated rings. The van der Waals surface area contributed by atoms with Crippen LogP contribution in [0.3, 0.4) is 0 Å². The molecule has 0 spiro atoms. The number of aliphatic hydroxyl groups is 1. The van der Waals surface area contributed by atoms with Crippen molar-refractivity contribution in [3.63, 3.8) is 0 Å². The van der Waals surface area contributed by atoms with Crippen molar-refractivity contribution in [2.75, 3.05) is 6.54 Å². The lowest BCUT2D eigenvalue weighted by Gasteiger charge is -2.40. The molecule has 5 nitrogen and oxygen atoms in total. The largest absolute Gasteiger partial charge is 0.481 e. The maximum Gasteiger partial charge on any atom is 0.307 e. The Labute approximate surface area is 113 Å². The topological polar surface area (TPSA) is 86.6 Å².